The molecule has 0 aromatic rings. The van der Waals surface area contributed by atoms with Crippen LogP contribution in [-0.4, -0.2) is 37.5 Å². The van der Waals surface area contributed by atoms with Crippen molar-refractivity contribution in [3.05, 3.63) is 0 Å². The summed E-state index contributed by atoms with van der Waals surface area (Å²) < 4.78 is 0. The summed E-state index contributed by atoms with van der Waals surface area (Å²) in [6.45, 7) is 4.69. The van der Waals surface area contributed by atoms with Gasteiger partial charge in [-0.2, -0.15) is 0 Å². The number of nitrogens with zero attached hydrogens (tertiary/aromatic N) is 2. The van der Waals surface area contributed by atoms with E-state index in [2.05, 4.69) is 22.2 Å². The Morgan fingerprint density at radius 3 is 2.73 bits per heavy atom. The van der Waals surface area contributed by atoms with Gasteiger partial charge in [-0.3, -0.25) is 10.4 Å². The molecular formula is C6H17N5. The van der Waals surface area contributed by atoms with Crippen molar-refractivity contribution >= 4 is 5.96 Å². The minimum atomic E-state index is 0.287. The topological polar surface area (TPSA) is 79.7 Å². The number of aliphatic imine (C=N–C) groups is 1. The van der Waals surface area contributed by atoms with E-state index in [0.29, 0.717) is 6.54 Å². The minimum Gasteiger partial charge on any atom is -0.369 e. The van der Waals surface area contributed by atoms with Crippen LogP contribution in [0.25, 0.3) is 0 Å². The first-order valence-electron chi connectivity index (χ1n) is 3.65. The molecule has 0 aromatic carbocycles. The van der Waals surface area contributed by atoms with Crippen molar-refractivity contribution in [1.82, 2.24) is 10.3 Å². The third-order valence-electron chi connectivity index (χ3n) is 1.45. The maximum absolute atomic E-state index is 5.30. The van der Waals surface area contributed by atoms with Gasteiger partial charge in [-0.05, 0) is 13.6 Å². The van der Waals surface area contributed by atoms with Gasteiger partial charge in [-0.15, -0.1) is 0 Å². The maximum atomic E-state index is 5.30. The minimum absolute atomic E-state index is 0.287. The van der Waals surface area contributed by atoms with Crippen LogP contribution < -0.4 is 17.0 Å². The number of nitrogens with one attached hydrogen (secondary N) is 1. The van der Waals surface area contributed by atoms with E-state index in [9.17, 15) is 0 Å². The number of hydrogen-bond acceptors (Lipinski definition) is 3. The van der Waals surface area contributed by atoms with Crippen molar-refractivity contribution < 1.29 is 0 Å². The van der Waals surface area contributed by atoms with Crippen molar-refractivity contribution in [1.29, 1.82) is 0 Å². The molecule has 0 atom stereocenters. The number of hydrazine groups is 1. The molecule has 0 aliphatic rings. The summed E-state index contributed by atoms with van der Waals surface area (Å²) in [7, 11) is 2.03. The molecule has 5 nitrogen and oxygen atoms in total. The van der Waals surface area contributed by atoms with Crippen LogP contribution in [-0.2, 0) is 0 Å². The van der Waals surface area contributed by atoms with E-state index in [1.807, 2.05) is 7.05 Å². The molecule has 0 fully saturated rings. The summed E-state index contributed by atoms with van der Waals surface area (Å²) in [5.74, 6) is 5.29. The lowest BCUT2D eigenvalue weighted by Gasteiger charge is -2.11. The first-order chi connectivity index (χ1) is 5.20. The third kappa shape index (κ3) is 5.63. The highest BCUT2D eigenvalue weighted by Gasteiger charge is 1.91. The molecule has 0 saturated heterocycles. The first-order valence-corrected chi connectivity index (χ1v) is 3.65. The summed E-state index contributed by atoms with van der Waals surface area (Å²) >= 11 is 0. The number of hydrogen-bond donors (Lipinski definition) is 3. The van der Waals surface area contributed by atoms with Crippen LogP contribution in [0.3, 0.4) is 0 Å². The van der Waals surface area contributed by atoms with Gasteiger partial charge in [0.1, 0.15) is 0 Å². The second-order valence-corrected chi connectivity index (χ2v) is 2.31. The molecule has 5 N–H and O–H groups in total. The Balaban J connectivity index is 3.39. The number of guanidine groups is 1. The normalized spacial score (nSPS) is 12.2. The molecule has 0 rings (SSSR count). The number of rotatable bonds is 4. The third-order valence-corrected chi connectivity index (χ3v) is 1.45. The van der Waals surface area contributed by atoms with Gasteiger partial charge in [0.05, 0.1) is 6.54 Å². The quantitative estimate of drug-likeness (QED) is 0.206. The van der Waals surface area contributed by atoms with E-state index < -0.39 is 0 Å². The molecule has 0 amide bonds. The maximum Gasteiger partial charge on any atom is 0.203 e. The molecular weight excluding hydrogens is 142 g/mol. The van der Waals surface area contributed by atoms with Crippen LogP contribution in [0.15, 0.2) is 4.99 Å². The van der Waals surface area contributed by atoms with Gasteiger partial charge in [0.2, 0.25) is 5.96 Å². The zero-order chi connectivity index (χ0) is 8.69. The SMILES string of the molecule is CCN(C)CCN=C(N)NN. The van der Waals surface area contributed by atoms with Gasteiger partial charge >= 0.3 is 0 Å². The largest absolute Gasteiger partial charge is 0.369 e. The molecule has 0 saturated carbocycles. The Morgan fingerprint density at radius 2 is 2.27 bits per heavy atom. The Bertz CT molecular complexity index is 122. The average Bonchev–Trinajstić information content (AvgIpc) is 2.04. The molecule has 0 unspecified atom stereocenters. The summed E-state index contributed by atoms with van der Waals surface area (Å²) in [6.07, 6.45) is 0. The predicted octanol–water partition coefficient (Wildman–Crippen LogP) is -1.28. The molecule has 0 aromatic heterocycles. The Labute approximate surface area is 67.4 Å². The standard InChI is InChI=1S/C6H17N5/c1-3-11(2)5-4-9-6(7)10-8/h3-5,8H2,1-2H3,(H3,7,9,10). The van der Waals surface area contributed by atoms with Crippen LogP contribution >= 0.6 is 0 Å². The van der Waals surface area contributed by atoms with Crippen molar-refractivity contribution in [2.45, 2.75) is 6.92 Å². The van der Waals surface area contributed by atoms with Crippen LogP contribution in [0, 0.1) is 0 Å². The van der Waals surface area contributed by atoms with E-state index in [1.165, 1.54) is 0 Å². The Morgan fingerprint density at radius 1 is 1.64 bits per heavy atom. The molecule has 0 bridgehead atoms. The fourth-order valence-corrected chi connectivity index (χ4v) is 0.545. The van der Waals surface area contributed by atoms with Crippen molar-refractivity contribution in [3.63, 3.8) is 0 Å². The highest BCUT2D eigenvalue weighted by atomic mass is 15.3. The van der Waals surface area contributed by atoms with Crippen LogP contribution in [0.5, 0.6) is 0 Å². The zero-order valence-corrected chi connectivity index (χ0v) is 7.17. The molecule has 0 aliphatic carbocycles. The molecule has 0 radical (unpaired) electrons. The van der Waals surface area contributed by atoms with Crippen LogP contribution in [0.2, 0.25) is 0 Å². The smallest absolute Gasteiger partial charge is 0.203 e. The van der Waals surface area contributed by atoms with E-state index in [1.54, 1.807) is 0 Å². The van der Waals surface area contributed by atoms with E-state index in [-0.39, 0.29) is 5.96 Å². The van der Waals surface area contributed by atoms with E-state index in [0.717, 1.165) is 13.1 Å². The number of likely N-dealkylation sites (N-methyl/N-ethyl adjacent to an activating group) is 1. The monoisotopic (exact) mass is 159 g/mol. The summed E-state index contributed by atoms with van der Waals surface area (Å²) in [5, 5.41) is 0. The fraction of sp³-hybridized carbons (Fsp3) is 0.833. The Kier molecular flexibility index (Phi) is 5.50. The predicted molar refractivity (Wildman–Crippen MR) is 47.0 cm³/mol. The molecule has 5 heteroatoms. The van der Waals surface area contributed by atoms with Gasteiger partial charge in [0, 0.05) is 6.54 Å². The molecule has 66 valence electrons. The van der Waals surface area contributed by atoms with Crippen molar-refractivity contribution in [2.75, 3.05) is 26.7 Å². The van der Waals surface area contributed by atoms with E-state index in [4.69, 9.17) is 11.6 Å². The van der Waals surface area contributed by atoms with Crippen LogP contribution in [0.1, 0.15) is 6.92 Å². The molecule has 11 heavy (non-hydrogen) atoms. The summed E-state index contributed by atoms with van der Waals surface area (Å²) in [6, 6.07) is 0. The second kappa shape index (κ2) is 5.94. The van der Waals surface area contributed by atoms with Gasteiger partial charge in [-0.25, -0.2) is 5.84 Å². The second-order valence-electron chi connectivity index (χ2n) is 2.31. The molecule has 0 heterocycles. The van der Waals surface area contributed by atoms with Gasteiger partial charge < -0.3 is 10.6 Å². The lowest BCUT2D eigenvalue weighted by atomic mass is 10.5. The number of nitrogens with two attached hydrogens (primary N) is 2. The summed E-state index contributed by atoms with van der Waals surface area (Å²) in [5.41, 5.74) is 7.56. The van der Waals surface area contributed by atoms with Crippen molar-refractivity contribution in [2.24, 2.45) is 16.6 Å². The lowest BCUT2D eigenvalue weighted by Crippen LogP contribution is -2.37. The summed E-state index contributed by atoms with van der Waals surface area (Å²) in [4.78, 5) is 6.09. The molecule has 0 aliphatic heterocycles. The Hall–Kier alpha value is -0.810. The highest BCUT2D eigenvalue weighted by molar-refractivity contribution is 5.77. The van der Waals surface area contributed by atoms with Gasteiger partial charge in [0.25, 0.3) is 0 Å². The van der Waals surface area contributed by atoms with E-state index >= 15 is 0 Å². The van der Waals surface area contributed by atoms with Gasteiger partial charge in [-0.1, -0.05) is 6.92 Å². The van der Waals surface area contributed by atoms with Gasteiger partial charge in [0.15, 0.2) is 0 Å². The highest BCUT2D eigenvalue weighted by Crippen LogP contribution is 1.79. The fourth-order valence-electron chi connectivity index (χ4n) is 0.545. The first kappa shape index (κ1) is 10.2. The average molecular weight is 159 g/mol. The van der Waals surface area contributed by atoms with Crippen molar-refractivity contribution in [3.8, 4) is 0 Å². The zero-order valence-electron chi connectivity index (χ0n) is 7.17. The van der Waals surface area contributed by atoms with Crippen LogP contribution in [0.4, 0.5) is 0 Å². The molecule has 0 spiro atoms. The lowest BCUT2D eigenvalue weighted by molar-refractivity contribution is 0.363.